The number of alkyl carbamates (subject to hydrolysis) is 1. The molecule has 2 N–H and O–H groups in total. The molecule has 0 saturated carbocycles. The lowest BCUT2D eigenvalue weighted by Gasteiger charge is -2.26. The van der Waals surface area contributed by atoms with Gasteiger partial charge in [0.1, 0.15) is 5.60 Å². The molecule has 6 heteroatoms. The van der Waals surface area contributed by atoms with E-state index in [9.17, 15) is 9.59 Å². The molecule has 0 aromatic rings. The van der Waals surface area contributed by atoms with Crippen LogP contribution in [0.2, 0.25) is 0 Å². The zero-order chi connectivity index (χ0) is 13.0. The van der Waals surface area contributed by atoms with Gasteiger partial charge in [0.2, 0.25) is 0 Å². The van der Waals surface area contributed by atoms with Crippen LogP contribution in [0, 0.1) is 11.3 Å². The van der Waals surface area contributed by atoms with E-state index in [-0.39, 0.29) is 6.42 Å². The third-order valence-corrected chi connectivity index (χ3v) is 1.68. The number of carbonyl (C=O) groups is 2. The van der Waals surface area contributed by atoms with E-state index in [4.69, 9.17) is 15.1 Å². The van der Waals surface area contributed by atoms with Crippen molar-refractivity contribution in [3.8, 4) is 6.07 Å². The number of amides is 1. The summed E-state index contributed by atoms with van der Waals surface area (Å²) in [6.45, 7) is 6.24. The van der Waals surface area contributed by atoms with Gasteiger partial charge < -0.3 is 15.2 Å². The maximum Gasteiger partial charge on any atom is 0.408 e. The summed E-state index contributed by atoms with van der Waals surface area (Å²) in [5.74, 6) is -1.28. The van der Waals surface area contributed by atoms with E-state index >= 15 is 0 Å². The molecule has 0 fully saturated rings. The van der Waals surface area contributed by atoms with Crippen molar-refractivity contribution in [2.75, 3.05) is 0 Å². The quantitative estimate of drug-likeness (QED) is 0.757. The number of carbonyl (C=O) groups excluding carboxylic acids is 1. The number of nitrogens with zero attached hydrogens (tertiary/aromatic N) is 1. The molecule has 0 radical (unpaired) electrons. The fraction of sp³-hybridized carbons (Fsp3) is 0.700. The summed E-state index contributed by atoms with van der Waals surface area (Å²) in [7, 11) is 0. The van der Waals surface area contributed by atoms with Gasteiger partial charge in [-0.25, -0.2) is 9.59 Å². The first-order valence-corrected chi connectivity index (χ1v) is 4.72. The Morgan fingerprint density at radius 2 is 1.88 bits per heavy atom. The highest BCUT2D eigenvalue weighted by atomic mass is 16.6. The zero-order valence-electron chi connectivity index (χ0n) is 9.83. The Morgan fingerprint density at radius 3 is 2.19 bits per heavy atom. The minimum absolute atomic E-state index is 0.332. The second kappa shape index (κ2) is 4.84. The van der Waals surface area contributed by atoms with E-state index in [0.29, 0.717) is 0 Å². The fourth-order valence-electron chi connectivity index (χ4n) is 0.860. The van der Waals surface area contributed by atoms with Crippen molar-refractivity contribution < 1.29 is 19.4 Å². The molecular formula is C10H16N2O4. The van der Waals surface area contributed by atoms with Gasteiger partial charge in [-0.05, 0) is 27.7 Å². The number of nitrogens with one attached hydrogen (secondary N) is 1. The number of nitriles is 1. The molecule has 0 aliphatic carbocycles. The predicted octanol–water partition coefficient (Wildman–Crippen LogP) is 1.27. The zero-order valence-corrected chi connectivity index (χ0v) is 9.83. The van der Waals surface area contributed by atoms with Crippen LogP contribution in [0.3, 0.4) is 0 Å². The van der Waals surface area contributed by atoms with Crippen molar-refractivity contribution in [2.24, 2.45) is 0 Å². The van der Waals surface area contributed by atoms with Gasteiger partial charge in [-0.15, -0.1) is 0 Å². The third-order valence-electron chi connectivity index (χ3n) is 1.68. The molecule has 0 aromatic carbocycles. The van der Waals surface area contributed by atoms with Gasteiger partial charge in [-0.3, -0.25) is 0 Å². The molecule has 6 nitrogen and oxygen atoms in total. The standard InChI is InChI=1S/C10H16N2O4/c1-9(2,3)16-8(15)12-10(4,5-6-11)7(13)14/h5H2,1-4H3,(H,12,15)(H,13,14). The van der Waals surface area contributed by atoms with Gasteiger partial charge in [-0.2, -0.15) is 5.26 Å². The number of ether oxygens (including phenoxy) is 1. The number of carboxylic acids is 1. The highest BCUT2D eigenvalue weighted by Crippen LogP contribution is 2.12. The molecule has 0 spiro atoms. The first-order valence-electron chi connectivity index (χ1n) is 4.72. The normalized spacial score (nSPS) is 14.4. The smallest absolute Gasteiger partial charge is 0.408 e. The largest absolute Gasteiger partial charge is 0.479 e. The van der Waals surface area contributed by atoms with Crippen molar-refractivity contribution in [2.45, 2.75) is 45.3 Å². The predicted molar refractivity (Wildman–Crippen MR) is 55.6 cm³/mol. The highest BCUT2D eigenvalue weighted by Gasteiger charge is 2.36. The van der Waals surface area contributed by atoms with E-state index < -0.39 is 23.2 Å². The lowest BCUT2D eigenvalue weighted by atomic mass is 9.99. The van der Waals surface area contributed by atoms with Crippen molar-refractivity contribution in [1.29, 1.82) is 5.26 Å². The molecular weight excluding hydrogens is 212 g/mol. The Kier molecular flexibility index (Phi) is 4.30. The van der Waals surface area contributed by atoms with E-state index in [1.54, 1.807) is 26.8 Å². The number of rotatable bonds is 3. The van der Waals surface area contributed by atoms with Crippen molar-refractivity contribution >= 4 is 12.1 Å². The van der Waals surface area contributed by atoms with Crippen LogP contribution in [0.4, 0.5) is 4.79 Å². The van der Waals surface area contributed by atoms with Crippen LogP contribution < -0.4 is 5.32 Å². The molecule has 0 aromatic heterocycles. The van der Waals surface area contributed by atoms with Crippen molar-refractivity contribution in [3.63, 3.8) is 0 Å². The lowest BCUT2D eigenvalue weighted by Crippen LogP contribution is -2.53. The Hall–Kier alpha value is -1.77. The average Bonchev–Trinajstić information content (AvgIpc) is 1.99. The van der Waals surface area contributed by atoms with Crippen LogP contribution >= 0.6 is 0 Å². The summed E-state index contributed by atoms with van der Waals surface area (Å²) in [4.78, 5) is 22.2. The molecule has 0 aliphatic heterocycles. The maximum absolute atomic E-state index is 11.3. The Labute approximate surface area is 94.2 Å². The van der Waals surface area contributed by atoms with E-state index in [1.807, 2.05) is 0 Å². The topological polar surface area (TPSA) is 99.4 Å². The average molecular weight is 228 g/mol. The number of hydrogen-bond donors (Lipinski definition) is 2. The van der Waals surface area contributed by atoms with Crippen LogP contribution in [0.1, 0.15) is 34.1 Å². The lowest BCUT2D eigenvalue weighted by molar-refractivity contribution is -0.143. The minimum Gasteiger partial charge on any atom is -0.479 e. The first kappa shape index (κ1) is 14.2. The van der Waals surface area contributed by atoms with Crippen LogP contribution in [0.15, 0.2) is 0 Å². The summed E-state index contributed by atoms with van der Waals surface area (Å²) in [6, 6.07) is 1.71. The van der Waals surface area contributed by atoms with E-state index in [0.717, 1.165) is 0 Å². The van der Waals surface area contributed by atoms with Crippen LogP contribution in [-0.4, -0.2) is 28.3 Å². The fourth-order valence-corrected chi connectivity index (χ4v) is 0.860. The molecule has 0 heterocycles. The van der Waals surface area contributed by atoms with Gasteiger partial charge in [0.15, 0.2) is 5.54 Å². The monoisotopic (exact) mass is 228 g/mol. The number of hydrogen-bond acceptors (Lipinski definition) is 4. The molecule has 1 unspecified atom stereocenters. The molecule has 90 valence electrons. The molecule has 1 amide bonds. The summed E-state index contributed by atoms with van der Waals surface area (Å²) < 4.78 is 4.91. The second-order valence-electron chi connectivity index (χ2n) is 4.60. The molecule has 0 aliphatic rings. The van der Waals surface area contributed by atoms with E-state index in [1.165, 1.54) is 6.92 Å². The van der Waals surface area contributed by atoms with Gasteiger partial charge >= 0.3 is 12.1 Å². The maximum atomic E-state index is 11.3. The summed E-state index contributed by atoms with van der Waals surface area (Å²) in [5, 5.41) is 19.5. The Morgan fingerprint density at radius 1 is 1.38 bits per heavy atom. The number of aliphatic carboxylic acids is 1. The molecule has 0 bridgehead atoms. The Balaban J connectivity index is 4.61. The van der Waals surface area contributed by atoms with Crippen LogP contribution in [0.25, 0.3) is 0 Å². The van der Waals surface area contributed by atoms with Crippen molar-refractivity contribution in [3.05, 3.63) is 0 Å². The van der Waals surface area contributed by atoms with Crippen molar-refractivity contribution in [1.82, 2.24) is 5.32 Å². The van der Waals surface area contributed by atoms with Crippen LogP contribution in [0.5, 0.6) is 0 Å². The van der Waals surface area contributed by atoms with E-state index in [2.05, 4.69) is 5.32 Å². The Bertz CT molecular complexity index is 327. The SMILES string of the molecule is CC(C)(C)OC(=O)NC(C)(CC#N)C(=O)O. The highest BCUT2D eigenvalue weighted by molar-refractivity contribution is 5.84. The third kappa shape index (κ3) is 4.64. The minimum atomic E-state index is -1.63. The van der Waals surface area contributed by atoms with Crippen LogP contribution in [-0.2, 0) is 9.53 Å². The van der Waals surface area contributed by atoms with Gasteiger partial charge in [0.05, 0.1) is 12.5 Å². The molecule has 0 rings (SSSR count). The summed E-state index contributed by atoms with van der Waals surface area (Å²) in [6.07, 6.45) is -1.19. The van der Waals surface area contributed by atoms with Gasteiger partial charge in [0.25, 0.3) is 0 Å². The first-order chi connectivity index (χ1) is 7.10. The molecule has 0 saturated heterocycles. The number of carboxylic acid groups (broad SMARTS) is 1. The second-order valence-corrected chi connectivity index (χ2v) is 4.60. The van der Waals surface area contributed by atoms with Gasteiger partial charge in [-0.1, -0.05) is 0 Å². The summed E-state index contributed by atoms with van der Waals surface area (Å²) in [5.41, 5.74) is -2.34. The summed E-state index contributed by atoms with van der Waals surface area (Å²) >= 11 is 0. The molecule has 16 heavy (non-hydrogen) atoms. The molecule has 1 atom stereocenters. The van der Waals surface area contributed by atoms with Gasteiger partial charge in [0, 0.05) is 0 Å².